The lowest BCUT2D eigenvalue weighted by Crippen LogP contribution is -2.43. The number of nitrogens with zero attached hydrogens (tertiary/aromatic N) is 2. The van der Waals surface area contributed by atoms with E-state index in [9.17, 15) is 23.5 Å². The Morgan fingerprint density at radius 2 is 1.92 bits per heavy atom. The van der Waals surface area contributed by atoms with E-state index in [-0.39, 0.29) is 23.1 Å². The van der Waals surface area contributed by atoms with Crippen LogP contribution in [0.5, 0.6) is 0 Å². The molecule has 1 atom stereocenters. The minimum atomic E-state index is -1.26. The fraction of sp³-hybridized carbons (Fsp3) is 0.440. The van der Waals surface area contributed by atoms with Crippen molar-refractivity contribution < 1.29 is 28.2 Å². The number of hydrogen-bond donors (Lipinski definition) is 3. The number of benzene rings is 1. The molecule has 1 amide bonds. The number of amides is 1. The van der Waals surface area contributed by atoms with Crippen molar-refractivity contribution >= 4 is 40.8 Å². The molecule has 0 bridgehead atoms. The molecule has 2 heterocycles. The molecule has 2 aromatic rings. The van der Waals surface area contributed by atoms with Gasteiger partial charge >= 0.3 is 12.1 Å². The molecule has 0 spiro atoms. The number of amidine groups is 1. The number of aliphatic carboxylic acids is 1. The Kier molecular flexibility index (Phi) is 7.84. The van der Waals surface area contributed by atoms with Crippen LogP contribution in [0.25, 0.3) is 0 Å². The molecule has 2 aliphatic rings. The normalized spacial score (nSPS) is 22.2. The predicted octanol–water partition coefficient (Wildman–Crippen LogP) is 5.59. The summed E-state index contributed by atoms with van der Waals surface area (Å²) < 4.78 is 33.5. The Morgan fingerprint density at radius 1 is 1.22 bits per heavy atom. The van der Waals surface area contributed by atoms with Gasteiger partial charge in [0, 0.05) is 28.9 Å². The van der Waals surface area contributed by atoms with Crippen molar-refractivity contribution in [1.29, 1.82) is 0 Å². The molecule has 8 nitrogen and oxygen atoms in total. The number of carboxylic acids is 1. The first-order valence-electron chi connectivity index (χ1n) is 11.8. The number of allylic oxidation sites excluding steroid dienone is 1. The van der Waals surface area contributed by atoms with Gasteiger partial charge in [0.25, 0.3) is 0 Å². The second-order valence-electron chi connectivity index (χ2n) is 9.93. The van der Waals surface area contributed by atoms with Crippen LogP contribution in [0.2, 0.25) is 5.02 Å². The van der Waals surface area contributed by atoms with Crippen LogP contribution in [0.1, 0.15) is 63.1 Å². The minimum absolute atomic E-state index is 0.0475. The SMILES string of the molecule is CC(C)(C)OC(=O)NC1CCC(C2=C(C(=O)O)C(c3ccc(F)c(F)c3Cl)N=C(c3nccs3)N2)CC1. The van der Waals surface area contributed by atoms with Crippen molar-refractivity contribution in [2.75, 3.05) is 0 Å². The van der Waals surface area contributed by atoms with Gasteiger partial charge in [0.05, 0.1) is 10.6 Å². The number of nitrogens with one attached hydrogen (secondary N) is 2. The lowest BCUT2D eigenvalue weighted by atomic mass is 9.80. The van der Waals surface area contributed by atoms with Crippen molar-refractivity contribution in [3.05, 3.63) is 62.2 Å². The molecule has 1 saturated carbocycles. The quantitative estimate of drug-likeness (QED) is 0.417. The number of carbonyl (C=O) groups excluding carboxylic acids is 1. The number of ether oxygens (including phenoxy) is 1. The van der Waals surface area contributed by atoms with Crippen molar-refractivity contribution in [2.45, 2.75) is 64.1 Å². The van der Waals surface area contributed by atoms with Crippen molar-refractivity contribution in [3.8, 4) is 0 Å². The number of alkyl carbamates (subject to hydrolysis) is 1. The Hall–Kier alpha value is -3.05. The van der Waals surface area contributed by atoms with E-state index in [0.29, 0.717) is 42.2 Å². The summed E-state index contributed by atoms with van der Waals surface area (Å²) in [7, 11) is 0. The van der Waals surface area contributed by atoms with Crippen molar-refractivity contribution in [2.24, 2.45) is 10.9 Å². The highest BCUT2D eigenvalue weighted by molar-refractivity contribution is 7.11. The topological polar surface area (TPSA) is 113 Å². The zero-order valence-electron chi connectivity index (χ0n) is 20.5. The average molecular weight is 553 g/mol. The lowest BCUT2D eigenvalue weighted by Gasteiger charge is -2.35. The number of thiazole rings is 1. The van der Waals surface area contributed by atoms with Gasteiger partial charge in [0.2, 0.25) is 0 Å². The molecular weight excluding hydrogens is 526 g/mol. The molecule has 198 valence electrons. The highest BCUT2D eigenvalue weighted by Crippen LogP contribution is 2.41. The van der Waals surface area contributed by atoms with Crippen LogP contribution in [0, 0.1) is 17.6 Å². The van der Waals surface area contributed by atoms with Crippen LogP contribution >= 0.6 is 22.9 Å². The Bertz CT molecular complexity index is 1250. The Morgan fingerprint density at radius 3 is 2.51 bits per heavy atom. The van der Waals surface area contributed by atoms with Crippen LogP contribution in [-0.2, 0) is 9.53 Å². The van der Waals surface area contributed by atoms with Gasteiger partial charge in [-0.05, 0) is 58.4 Å². The summed E-state index contributed by atoms with van der Waals surface area (Å²) in [5.74, 6) is -3.52. The highest BCUT2D eigenvalue weighted by Gasteiger charge is 2.38. The van der Waals surface area contributed by atoms with E-state index in [0.717, 1.165) is 6.07 Å². The van der Waals surface area contributed by atoms with Gasteiger partial charge in [-0.25, -0.2) is 23.4 Å². The molecule has 0 radical (unpaired) electrons. The summed E-state index contributed by atoms with van der Waals surface area (Å²) >= 11 is 7.44. The van der Waals surface area contributed by atoms with Gasteiger partial charge in [-0.2, -0.15) is 0 Å². The predicted molar refractivity (Wildman–Crippen MR) is 136 cm³/mol. The van der Waals surface area contributed by atoms with Crippen LogP contribution in [0.3, 0.4) is 0 Å². The van der Waals surface area contributed by atoms with E-state index in [1.807, 2.05) is 0 Å². The molecule has 1 aromatic carbocycles. The van der Waals surface area contributed by atoms with Crippen LogP contribution in [0.15, 0.2) is 40.0 Å². The number of carboxylic acid groups (broad SMARTS) is 1. The molecule has 1 fully saturated rings. The lowest BCUT2D eigenvalue weighted by molar-refractivity contribution is -0.133. The number of aromatic nitrogens is 1. The average Bonchev–Trinajstić information content (AvgIpc) is 3.36. The maximum atomic E-state index is 14.4. The van der Waals surface area contributed by atoms with Crippen LogP contribution in [0.4, 0.5) is 13.6 Å². The smallest absolute Gasteiger partial charge is 0.407 e. The summed E-state index contributed by atoms with van der Waals surface area (Å²) in [6, 6.07) is 0.867. The second kappa shape index (κ2) is 10.7. The van der Waals surface area contributed by atoms with E-state index in [2.05, 4.69) is 20.6 Å². The number of aliphatic imine (C=N–C) groups is 1. The molecule has 12 heteroatoms. The van der Waals surface area contributed by atoms with Gasteiger partial charge in [0.1, 0.15) is 11.6 Å². The van der Waals surface area contributed by atoms with Gasteiger partial charge in [-0.15, -0.1) is 11.3 Å². The second-order valence-corrected chi connectivity index (χ2v) is 11.2. The fourth-order valence-corrected chi connectivity index (χ4v) is 5.39. The van der Waals surface area contributed by atoms with E-state index < -0.39 is 40.4 Å². The third kappa shape index (κ3) is 6.10. The summed E-state index contributed by atoms with van der Waals surface area (Å²) in [6.07, 6.45) is 3.44. The van der Waals surface area contributed by atoms with Gasteiger partial charge in [0.15, 0.2) is 22.5 Å². The first-order chi connectivity index (χ1) is 17.4. The van der Waals surface area contributed by atoms with Gasteiger partial charge < -0.3 is 20.5 Å². The van der Waals surface area contributed by atoms with E-state index >= 15 is 0 Å². The summed E-state index contributed by atoms with van der Waals surface area (Å²) in [5, 5.41) is 18.0. The summed E-state index contributed by atoms with van der Waals surface area (Å²) in [6.45, 7) is 5.36. The minimum Gasteiger partial charge on any atom is -0.478 e. The molecule has 0 saturated heterocycles. The third-order valence-corrected chi connectivity index (χ3v) is 7.32. The summed E-state index contributed by atoms with van der Waals surface area (Å²) in [5.41, 5.74) is -0.229. The highest BCUT2D eigenvalue weighted by atomic mass is 35.5. The molecule has 1 unspecified atom stereocenters. The first kappa shape index (κ1) is 27.0. The van der Waals surface area contributed by atoms with E-state index in [1.54, 1.807) is 32.3 Å². The zero-order valence-corrected chi connectivity index (χ0v) is 22.1. The monoisotopic (exact) mass is 552 g/mol. The number of carbonyl (C=O) groups is 2. The third-order valence-electron chi connectivity index (χ3n) is 6.16. The van der Waals surface area contributed by atoms with E-state index in [4.69, 9.17) is 16.3 Å². The standard InChI is InChI=1S/C25H27ClF2N4O4S/c1-25(2,3)36-24(35)30-13-6-4-12(5-7-13)19-16(23(33)34)20(14-8-9-15(27)18(28)17(14)26)32-21(31-19)22-29-10-11-37-22/h8-13,20H,4-7H2,1-3H3,(H,30,35)(H,31,32)(H,33,34). The van der Waals surface area contributed by atoms with Crippen LogP contribution in [-0.4, -0.2) is 39.6 Å². The molecule has 37 heavy (non-hydrogen) atoms. The Labute approximate surface area is 221 Å². The maximum Gasteiger partial charge on any atom is 0.407 e. The van der Waals surface area contributed by atoms with Crippen molar-refractivity contribution in [3.63, 3.8) is 0 Å². The molecule has 3 N–H and O–H groups in total. The fourth-order valence-electron chi connectivity index (χ4n) is 4.55. The molecule has 1 aromatic heterocycles. The first-order valence-corrected chi connectivity index (χ1v) is 13.0. The largest absolute Gasteiger partial charge is 0.478 e. The molecular formula is C25H27ClF2N4O4S. The number of rotatable bonds is 5. The van der Waals surface area contributed by atoms with Gasteiger partial charge in [-0.1, -0.05) is 17.7 Å². The van der Waals surface area contributed by atoms with Gasteiger partial charge in [-0.3, -0.25) is 4.99 Å². The number of halogens is 3. The van der Waals surface area contributed by atoms with Crippen molar-refractivity contribution in [1.82, 2.24) is 15.6 Å². The summed E-state index contributed by atoms with van der Waals surface area (Å²) in [4.78, 5) is 33.5. The van der Waals surface area contributed by atoms with Crippen LogP contribution < -0.4 is 10.6 Å². The zero-order chi connectivity index (χ0) is 26.9. The molecule has 4 rings (SSSR count). The maximum absolute atomic E-state index is 14.4. The van der Waals surface area contributed by atoms with E-state index in [1.165, 1.54) is 17.4 Å². The molecule has 1 aliphatic carbocycles. The molecule has 1 aliphatic heterocycles. The Balaban J connectivity index is 1.65. The number of hydrogen-bond acceptors (Lipinski definition) is 7.